The lowest BCUT2D eigenvalue weighted by atomic mass is 10.2. The predicted octanol–water partition coefficient (Wildman–Crippen LogP) is 2.68. The van der Waals surface area contributed by atoms with Gasteiger partial charge in [-0.25, -0.2) is 4.79 Å². The number of carboxylic acid groups (broad SMARTS) is 1. The molecule has 0 aliphatic carbocycles. The average molecular weight is 432 g/mol. The number of amides is 2. The van der Waals surface area contributed by atoms with Gasteiger partial charge in [-0.3, -0.25) is 4.79 Å². The van der Waals surface area contributed by atoms with Crippen LogP contribution in [0.3, 0.4) is 0 Å². The molecule has 0 unspecified atom stereocenters. The molecule has 6 nitrogen and oxygen atoms in total. The van der Waals surface area contributed by atoms with Crippen molar-refractivity contribution in [2.24, 2.45) is 0 Å². The molecule has 0 radical (unpaired) electrons. The van der Waals surface area contributed by atoms with E-state index in [2.05, 4.69) is 22.6 Å². The Morgan fingerprint density at radius 3 is 2.39 bits per heavy atom. The Kier molecular flexibility index (Phi) is 7.87. The van der Waals surface area contributed by atoms with Crippen molar-refractivity contribution in [1.82, 2.24) is 9.80 Å². The summed E-state index contributed by atoms with van der Waals surface area (Å²) in [5.74, 6) is 0.536. The number of halogens is 1. The van der Waals surface area contributed by atoms with Gasteiger partial charge in [0.15, 0.2) is 0 Å². The maximum atomic E-state index is 11.6. The van der Waals surface area contributed by atoms with Crippen molar-refractivity contribution in [3.8, 4) is 5.75 Å². The largest absolute Gasteiger partial charge is 0.492 e. The molecule has 0 fully saturated rings. The molecule has 0 atom stereocenters. The molecule has 23 heavy (non-hydrogen) atoms. The summed E-state index contributed by atoms with van der Waals surface area (Å²) in [6.45, 7) is 2.38. The van der Waals surface area contributed by atoms with E-state index in [9.17, 15) is 14.7 Å². The Labute approximate surface area is 149 Å². The molecule has 2 amide bonds. The van der Waals surface area contributed by atoms with Crippen LogP contribution in [0.4, 0.5) is 4.79 Å². The molecule has 1 N–H and O–H groups in total. The Bertz CT molecular complexity index is 570. The van der Waals surface area contributed by atoms with Crippen LogP contribution in [0.5, 0.6) is 5.75 Å². The molecular formula is C16H21IN2O4. The highest BCUT2D eigenvalue weighted by molar-refractivity contribution is 14.1. The molecule has 1 rings (SSSR count). The molecule has 7 heteroatoms. The van der Waals surface area contributed by atoms with Gasteiger partial charge in [-0.1, -0.05) is 0 Å². The SMILES string of the molecule is C/C(=C\C(=O)N(C)C)CN(CCOc1ccc(I)cc1)C(=O)O. The first kappa shape index (κ1) is 19.3. The molecule has 0 spiro atoms. The Morgan fingerprint density at radius 2 is 1.87 bits per heavy atom. The van der Waals surface area contributed by atoms with Crippen LogP contribution in [-0.4, -0.2) is 60.7 Å². The summed E-state index contributed by atoms with van der Waals surface area (Å²) in [7, 11) is 3.30. The quantitative estimate of drug-likeness (QED) is 0.532. The summed E-state index contributed by atoms with van der Waals surface area (Å²) in [5, 5.41) is 9.25. The van der Waals surface area contributed by atoms with Crippen LogP contribution >= 0.6 is 22.6 Å². The lowest BCUT2D eigenvalue weighted by Crippen LogP contribution is -2.35. The summed E-state index contributed by atoms with van der Waals surface area (Å²) < 4.78 is 6.64. The normalized spacial score (nSPS) is 11.0. The molecule has 1 aromatic carbocycles. The van der Waals surface area contributed by atoms with Crippen LogP contribution in [0.1, 0.15) is 6.92 Å². The fraction of sp³-hybridized carbons (Fsp3) is 0.375. The van der Waals surface area contributed by atoms with Crippen molar-refractivity contribution < 1.29 is 19.4 Å². The van der Waals surface area contributed by atoms with Crippen LogP contribution in [-0.2, 0) is 4.79 Å². The minimum absolute atomic E-state index is 0.164. The molecule has 0 bridgehead atoms. The first-order valence-corrected chi connectivity index (χ1v) is 8.12. The molecule has 0 saturated heterocycles. The van der Waals surface area contributed by atoms with Gasteiger partial charge in [0.25, 0.3) is 0 Å². The minimum atomic E-state index is -1.04. The highest BCUT2D eigenvalue weighted by Gasteiger charge is 2.13. The van der Waals surface area contributed by atoms with Crippen molar-refractivity contribution in [1.29, 1.82) is 0 Å². The zero-order valence-electron chi connectivity index (χ0n) is 13.5. The van der Waals surface area contributed by atoms with Crippen LogP contribution in [0.25, 0.3) is 0 Å². The number of carbonyl (C=O) groups is 2. The molecule has 0 aliphatic rings. The topological polar surface area (TPSA) is 70.1 Å². The van der Waals surface area contributed by atoms with Crippen molar-refractivity contribution in [2.45, 2.75) is 6.92 Å². The summed E-state index contributed by atoms with van der Waals surface area (Å²) in [6.07, 6.45) is 0.400. The number of rotatable bonds is 7. The molecular weight excluding hydrogens is 411 g/mol. The van der Waals surface area contributed by atoms with E-state index in [-0.39, 0.29) is 25.6 Å². The van der Waals surface area contributed by atoms with Crippen LogP contribution in [0.2, 0.25) is 0 Å². The molecule has 1 aromatic rings. The van der Waals surface area contributed by atoms with Gasteiger partial charge in [0.1, 0.15) is 12.4 Å². The van der Waals surface area contributed by atoms with Crippen LogP contribution in [0, 0.1) is 3.57 Å². The van der Waals surface area contributed by atoms with E-state index >= 15 is 0 Å². The van der Waals surface area contributed by atoms with Crippen molar-refractivity contribution >= 4 is 34.6 Å². The van der Waals surface area contributed by atoms with Gasteiger partial charge >= 0.3 is 6.09 Å². The first-order valence-electron chi connectivity index (χ1n) is 7.04. The van der Waals surface area contributed by atoms with E-state index in [1.807, 2.05) is 24.3 Å². The summed E-state index contributed by atoms with van der Waals surface area (Å²) in [6, 6.07) is 7.52. The Morgan fingerprint density at radius 1 is 1.26 bits per heavy atom. The lowest BCUT2D eigenvalue weighted by molar-refractivity contribution is -0.123. The first-order chi connectivity index (χ1) is 10.8. The standard InChI is InChI=1S/C16H21IN2O4/c1-12(10-15(20)18(2)3)11-19(16(21)22)8-9-23-14-6-4-13(17)5-7-14/h4-7,10H,8-9,11H2,1-3H3,(H,21,22)/b12-10+. The maximum Gasteiger partial charge on any atom is 0.407 e. The molecule has 0 heterocycles. The highest BCUT2D eigenvalue weighted by Crippen LogP contribution is 2.13. The summed E-state index contributed by atoms with van der Waals surface area (Å²) >= 11 is 2.20. The summed E-state index contributed by atoms with van der Waals surface area (Å²) in [5.41, 5.74) is 0.681. The van der Waals surface area contributed by atoms with E-state index in [1.165, 1.54) is 15.9 Å². The summed E-state index contributed by atoms with van der Waals surface area (Å²) in [4.78, 5) is 25.5. The van der Waals surface area contributed by atoms with Gasteiger partial charge in [-0.2, -0.15) is 0 Å². The second-order valence-electron chi connectivity index (χ2n) is 5.23. The van der Waals surface area contributed by atoms with Gasteiger partial charge < -0.3 is 19.6 Å². The van der Waals surface area contributed by atoms with Crippen LogP contribution in [0.15, 0.2) is 35.9 Å². The third-order valence-corrected chi connectivity index (χ3v) is 3.68. The fourth-order valence-corrected chi connectivity index (χ4v) is 2.09. The van der Waals surface area contributed by atoms with E-state index in [1.54, 1.807) is 21.0 Å². The number of hydrogen-bond donors (Lipinski definition) is 1. The second kappa shape index (κ2) is 9.39. The fourth-order valence-electron chi connectivity index (χ4n) is 1.73. The lowest BCUT2D eigenvalue weighted by Gasteiger charge is -2.20. The Balaban J connectivity index is 2.53. The van der Waals surface area contributed by atoms with E-state index in [0.29, 0.717) is 11.3 Å². The smallest absolute Gasteiger partial charge is 0.407 e. The highest BCUT2D eigenvalue weighted by atomic mass is 127. The van der Waals surface area contributed by atoms with Gasteiger partial charge in [-0.15, -0.1) is 0 Å². The Hall–Kier alpha value is -1.77. The number of carbonyl (C=O) groups excluding carboxylic acids is 1. The molecule has 0 aromatic heterocycles. The predicted molar refractivity (Wildman–Crippen MR) is 96.7 cm³/mol. The third kappa shape index (κ3) is 7.36. The molecule has 0 saturated carbocycles. The van der Waals surface area contributed by atoms with Crippen molar-refractivity contribution in [2.75, 3.05) is 33.8 Å². The van der Waals surface area contributed by atoms with Gasteiger partial charge in [-0.05, 0) is 59.4 Å². The monoisotopic (exact) mass is 432 g/mol. The van der Waals surface area contributed by atoms with E-state index in [0.717, 1.165) is 3.57 Å². The van der Waals surface area contributed by atoms with Gasteiger partial charge in [0.2, 0.25) is 5.91 Å². The average Bonchev–Trinajstić information content (AvgIpc) is 2.47. The zero-order chi connectivity index (χ0) is 17.4. The van der Waals surface area contributed by atoms with Crippen molar-refractivity contribution in [3.05, 3.63) is 39.5 Å². The number of nitrogens with zero attached hydrogens (tertiary/aromatic N) is 2. The van der Waals surface area contributed by atoms with E-state index in [4.69, 9.17) is 4.74 Å². The zero-order valence-corrected chi connectivity index (χ0v) is 15.6. The number of benzene rings is 1. The minimum Gasteiger partial charge on any atom is -0.492 e. The third-order valence-electron chi connectivity index (χ3n) is 2.97. The van der Waals surface area contributed by atoms with E-state index < -0.39 is 6.09 Å². The number of ether oxygens (including phenoxy) is 1. The second-order valence-corrected chi connectivity index (χ2v) is 6.48. The van der Waals surface area contributed by atoms with Crippen LogP contribution < -0.4 is 4.74 Å². The maximum absolute atomic E-state index is 11.6. The van der Waals surface area contributed by atoms with Gasteiger partial charge in [0.05, 0.1) is 6.54 Å². The molecule has 0 aliphatic heterocycles. The number of hydrogen-bond acceptors (Lipinski definition) is 3. The van der Waals surface area contributed by atoms with Gasteiger partial charge in [0, 0.05) is 30.3 Å². The van der Waals surface area contributed by atoms with Crippen molar-refractivity contribution in [3.63, 3.8) is 0 Å². The molecule has 126 valence electrons. The number of likely N-dealkylation sites (N-methyl/N-ethyl adjacent to an activating group) is 1.